The fourth-order valence-corrected chi connectivity index (χ4v) is 3.88. The summed E-state index contributed by atoms with van der Waals surface area (Å²) >= 11 is 0. The monoisotopic (exact) mass is 577 g/mol. The lowest BCUT2D eigenvalue weighted by Gasteiger charge is -2.23. The Balaban J connectivity index is 1.54. The third-order valence-electron chi connectivity index (χ3n) is 6.43. The number of carbonyl (C=O) groups excluding carboxylic acids is 2. The van der Waals surface area contributed by atoms with E-state index in [1.54, 1.807) is 45.4 Å². The van der Waals surface area contributed by atoms with Gasteiger partial charge in [-0.25, -0.2) is 4.98 Å². The normalized spacial score (nSPS) is 11.8. The summed E-state index contributed by atoms with van der Waals surface area (Å²) in [6.07, 6.45) is 7.01. The van der Waals surface area contributed by atoms with Crippen LogP contribution in [0.4, 0.5) is 21.8 Å². The summed E-state index contributed by atoms with van der Waals surface area (Å²) in [6, 6.07) is 4.69. The number of halogens is 1. The van der Waals surface area contributed by atoms with Crippen LogP contribution in [-0.4, -0.2) is 88.2 Å². The molecule has 11 nitrogen and oxygen atoms in total. The first-order valence-electron chi connectivity index (χ1n) is 14.0. The average molecular weight is 578 g/mol. The number of benzene rings is 1. The number of anilines is 3. The van der Waals surface area contributed by atoms with Crippen molar-refractivity contribution >= 4 is 40.2 Å². The minimum absolute atomic E-state index is 0.215. The van der Waals surface area contributed by atoms with Crippen molar-refractivity contribution in [2.45, 2.75) is 39.2 Å². The molecule has 0 fully saturated rings. The molecule has 1 aromatic carbocycles. The lowest BCUT2D eigenvalue weighted by Crippen LogP contribution is -2.45. The van der Waals surface area contributed by atoms with Crippen LogP contribution in [0.2, 0.25) is 0 Å². The lowest BCUT2D eigenvalue weighted by molar-refractivity contribution is -0.135. The fourth-order valence-electron chi connectivity index (χ4n) is 3.88. The van der Waals surface area contributed by atoms with E-state index in [2.05, 4.69) is 49.8 Å². The van der Waals surface area contributed by atoms with Crippen LogP contribution in [0.5, 0.6) is 0 Å². The number of nitrogens with zero attached hydrogens (tertiary/aromatic N) is 6. The summed E-state index contributed by atoms with van der Waals surface area (Å²) in [7, 11) is 7.14. The molecule has 0 aliphatic carbocycles. The van der Waals surface area contributed by atoms with E-state index in [0.717, 1.165) is 6.42 Å². The van der Waals surface area contributed by atoms with Gasteiger partial charge in [0.2, 0.25) is 23.7 Å². The zero-order valence-corrected chi connectivity index (χ0v) is 25.2. The molecule has 0 bridgehead atoms. The Labute approximate surface area is 246 Å². The number of aryl methyl sites for hydroxylation is 1. The minimum Gasteiger partial charge on any atom is -0.369 e. The number of unbranched alkanes of at least 4 members (excludes halogenated alkanes) is 1. The molecule has 2 heterocycles. The highest BCUT2D eigenvalue weighted by atomic mass is 19.1. The third kappa shape index (κ3) is 9.01. The lowest BCUT2D eigenvalue weighted by atomic mass is 10.2. The predicted octanol–water partition coefficient (Wildman–Crippen LogP) is 3.28. The first-order valence-corrected chi connectivity index (χ1v) is 14.0. The van der Waals surface area contributed by atoms with Gasteiger partial charge in [-0.2, -0.15) is 9.37 Å². The van der Waals surface area contributed by atoms with Gasteiger partial charge < -0.3 is 25.8 Å². The molecule has 224 valence electrons. The molecule has 3 N–H and O–H groups in total. The molecular formula is C30H40FN9O2. The third-order valence-corrected chi connectivity index (χ3v) is 6.43. The first kappa shape index (κ1) is 32.0. The van der Waals surface area contributed by atoms with Gasteiger partial charge in [0.05, 0.1) is 22.7 Å². The average Bonchev–Trinajstić information content (AvgIpc) is 3.25. The van der Waals surface area contributed by atoms with Gasteiger partial charge in [-0.05, 0) is 52.1 Å². The topological polar surface area (TPSA) is 120 Å². The highest BCUT2D eigenvalue weighted by Crippen LogP contribution is 2.23. The van der Waals surface area contributed by atoms with Gasteiger partial charge in [-0.15, -0.1) is 5.10 Å². The molecule has 3 aromatic rings. The van der Waals surface area contributed by atoms with Crippen molar-refractivity contribution in [2.24, 2.45) is 7.05 Å². The summed E-state index contributed by atoms with van der Waals surface area (Å²) in [4.78, 5) is 37.1. The molecule has 0 saturated heterocycles. The van der Waals surface area contributed by atoms with Gasteiger partial charge in [0.15, 0.2) is 0 Å². The van der Waals surface area contributed by atoms with Crippen LogP contribution in [0.25, 0.3) is 10.9 Å². The van der Waals surface area contributed by atoms with E-state index in [4.69, 9.17) is 0 Å². The Bertz CT molecular complexity index is 1470. The van der Waals surface area contributed by atoms with E-state index in [-0.39, 0.29) is 11.8 Å². The van der Waals surface area contributed by atoms with Crippen LogP contribution < -0.4 is 16.0 Å². The van der Waals surface area contributed by atoms with Crippen molar-refractivity contribution in [3.8, 4) is 11.8 Å². The number of hydrogen-bond donors (Lipinski definition) is 3. The highest BCUT2D eigenvalue weighted by molar-refractivity contribution is 5.92. The summed E-state index contributed by atoms with van der Waals surface area (Å²) in [5.74, 6) is 6.23. The summed E-state index contributed by atoms with van der Waals surface area (Å²) in [5.41, 5.74) is 1.99. The maximum atomic E-state index is 14.1. The minimum atomic E-state index is -0.589. The molecule has 3 rings (SSSR count). The van der Waals surface area contributed by atoms with E-state index in [9.17, 15) is 14.0 Å². The van der Waals surface area contributed by atoms with Crippen LogP contribution in [-0.2, 0) is 16.6 Å². The van der Waals surface area contributed by atoms with Crippen LogP contribution in [0.3, 0.4) is 0 Å². The van der Waals surface area contributed by atoms with E-state index >= 15 is 0 Å². The number of likely N-dealkylation sites (N-methyl/N-ethyl adjacent to an activating group) is 2. The number of rotatable bonds is 13. The summed E-state index contributed by atoms with van der Waals surface area (Å²) in [6.45, 7) is 5.56. The number of hydrogen-bond acceptors (Lipinski definition) is 8. The van der Waals surface area contributed by atoms with Crippen LogP contribution in [0.15, 0.2) is 36.5 Å². The Morgan fingerprint density at radius 2 is 2.00 bits per heavy atom. The van der Waals surface area contributed by atoms with Crippen molar-refractivity contribution in [1.82, 2.24) is 34.9 Å². The molecule has 0 aliphatic rings. The number of aromatic nitrogens is 4. The van der Waals surface area contributed by atoms with Crippen molar-refractivity contribution in [3.05, 3.63) is 48.1 Å². The van der Waals surface area contributed by atoms with Gasteiger partial charge in [0, 0.05) is 51.9 Å². The molecule has 0 saturated carbocycles. The van der Waals surface area contributed by atoms with Gasteiger partial charge in [0.25, 0.3) is 0 Å². The Morgan fingerprint density at radius 1 is 1.21 bits per heavy atom. The zero-order valence-electron chi connectivity index (χ0n) is 25.2. The van der Waals surface area contributed by atoms with E-state index in [1.807, 2.05) is 25.1 Å². The number of nitrogens with one attached hydrogen (secondary N) is 3. The van der Waals surface area contributed by atoms with Crippen molar-refractivity contribution in [2.75, 3.05) is 51.4 Å². The van der Waals surface area contributed by atoms with Gasteiger partial charge in [0.1, 0.15) is 11.9 Å². The standard InChI is InChI=1S/C30H40FN9O2/c1-7-16-32-28-22(20-34-30(36-28)35-23-14-15-25-24(19-23)27(31)37-40(25)6)12-9-8-10-17-33-29(42)21(2)39(5)26(41)13-11-18-38(3)4/h11,13-15,19-21H,7-8,10,16-18H2,1-6H3,(H,33,42)(H2,32,34,35,36)/b13-11+/t21-/m0/s1. The maximum Gasteiger partial charge on any atom is 0.246 e. The van der Waals surface area contributed by atoms with E-state index in [0.29, 0.717) is 66.4 Å². The van der Waals surface area contributed by atoms with Gasteiger partial charge >= 0.3 is 0 Å². The largest absolute Gasteiger partial charge is 0.369 e. The van der Waals surface area contributed by atoms with Crippen LogP contribution >= 0.6 is 0 Å². The number of fused-ring (bicyclic) bond motifs is 1. The van der Waals surface area contributed by atoms with Crippen molar-refractivity contribution in [3.63, 3.8) is 0 Å². The SMILES string of the molecule is CCCNc1nc(Nc2ccc3c(c2)c(F)nn3C)ncc1C#CCCCNC(=O)[C@H](C)N(C)C(=O)/C=C/CN(C)C. The van der Waals surface area contributed by atoms with Crippen molar-refractivity contribution in [1.29, 1.82) is 0 Å². The number of carbonyl (C=O) groups is 2. The maximum absolute atomic E-state index is 14.1. The second-order valence-electron chi connectivity index (χ2n) is 10.1. The quantitative estimate of drug-likeness (QED) is 0.161. The molecule has 0 aliphatic heterocycles. The summed E-state index contributed by atoms with van der Waals surface area (Å²) < 4.78 is 15.6. The second-order valence-corrected chi connectivity index (χ2v) is 10.1. The van der Waals surface area contributed by atoms with Crippen LogP contribution in [0.1, 0.15) is 38.7 Å². The molecule has 2 aromatic heterocycles. The molecule has 2 amide bonds. The summed E-state index contributed by atoms with van der Waals surface area (Å²) in [5, 5.41) is 13.5. The molecule has 0 spiro atoms. The van der Waals surface area contributed by atoms with Gasteiger partial charge in [-0.1, -0.05) is 24.8 Å². The molecular weight excluding hydrogens is 537 g/mol. The first-order chi connectivity index (χ1) is 20.1. The highest BCUT2D eigenvalue weighted by Gasteiger charge is 2.20. The Hall–Kier alpha value is -4.50. The molecule has 0 radical (unpaired) electrons. The van der Waals surface area contributed by atoms with E-state index in [1.165, 1.54) is 15.7 Å². The molecule has 12 heteroatoms. The fraction of sp³-hybridized carbons (Fsp3) is 0.433. The number of amides is 2. The van der Waals surface area contributed by atoms with Crippen molar-refractivity contribution < 1.29 is 14.0 Å². The van der Waals surface area contributed by atoms with Gasteiger partial charge in [-0.3, -0.25) is 14.3 Å². The molecule has 1 atom stereocenters. The second kappa shape index (κ2) is 15.5. The predicted molar refractivity (Wildman–Crippen MR) is 164 cm³/mol. The van der Waals surface area contributed by atoms with E-state index < -0.39 is 12.0 Å². The molecule has 42 heavy (non-hydrogen) atoms. The smallest absolute Gasteiger partial charge is 0.246 e. The molecule has 0 unspecified atom stereocenters. The zero-order chi connectivity index (χ0) is 30.6. The Morgan fingerprint density at radius 3 is 2.74 bits per heavy atom. The van der Waals surface area contributed by atoms with Crippen LogP contribution in [0, 0.1) is 17.8 Å². The Kier molecular flexibility index (Phi) is 11.8.